The summed E-state index contributed by atoms with van der Waals surface area (Å²) in [4.78, 5) is 15.4. The van der Waals surface area contributed by atoms with Crippen LogP contribution in [0.5, 0.6) is 6.01 Å². The van der Waals surface area contributed by atoms with Crippen LogP contribution in [0.15, 0.2) is 0 Å². The summed E-state index contributed by atoms with van der Waals surface area (Å²) in [6.07, 6.45) is 4.66. The standard InChI is InChI=1S/C14H25N5O2/c1-3-7-15-12-16-13(19-8-5-4-6-9-19)18-14(17-12)21-11-10-20-2/h3-11H2,1-2H3,(H,15,16,17,18). The zero-order valence-corrected chi connectivity index (χ0v) is 13.0. The molecule has 0 saturated carbocycles. The van der Waals surface area contributed by atoms with Gasteiger partial charge in [-0.05, 0) is 25.7 Å². The smallest absolute Gasteiger partial charge is 0.323 e. The van der Waals surface area contributed by atoms with Gasteiger partial charge >= 0.3 is 6.01 Å². The molecule has 2 rings (SSSR count). The maximum absolute atomic E-state index is 5.54. The molecule has 7 nitrogen and oxygen atoms in total. The molecule has 0 aromatic carbocycles. The average Bonchev–Trinajstić information content (AvgIpc) is 2.54. The Bertz CT molecular complexity index is 424. The van der Waals surface area contributed by atoms with E-state index in [2.05, 4.69) is 32.1 Å². The van der Waals surface area contributed by atoms with Crippen molar-refractivity contribution in [1.29, 1.82) is 0 Å². The third-order valence-corrected chi connectivity index (χ3v) is 3.29. The minimum Gasteiger partial charge on any atom is -0.461 e. The van der Waals surface area contributed by atoms with Gasteiger partial charge in [0.15, 0.2) is 0 Å². The van der Waals surface area contributed by atoms with Gasteiger partial charge in [0.05, 0.1) is 6.61 Å². The summed E-state index contributed by atoms with van der Waals surface area (Å²) in [6.45, 7) is 5.88. The van der Waals surface area contributed by atoms with Crippen LogP contribution in [0, 0.1) is 0 Å². The molecule has 0 amide bonds. The highest BCUT2D eigenvalue weighted by Gasteiger charge is 2.16. The zero-order chi connectivity index (χ0) is 14.9. The largest absolute Gasteiger partial charge is 0.461 e. The molecule has 1 aliphatic heterocycles. The Hall–Kier alpha value is -1.63. The van der Waals surface area contributed by atoms with Crippen molar-refractivity contribution < 1.29 is 9.47 Å². The van der Waals surface area contributed by atoms with Crippen molar-refractivity contribution in [3.05, 3.63) is 0 Å². The van der Waals surface area contributed by atoms with E-state index in [1.165, 1.54) is 19.3 Å². The van der Waals surface area contributed by atoms with Crippen molar-refractivity contribution >= 4 is 11.9 Å². The highest BCUT2D eigenvalue weighted by atomic mass is 16.5. The first-order valence-corrected chi connectivity index (χ1v) is 7.70. The van der Waals surface area contributed by atoms with E-state index in [0.29, 0.717) is 31.1 Å². The van der Waals surface area contributed by atoms with Crippen molar-refractivity contribution in [2.45, 2.75) is 32.6 Å². The van der Waals surface area contributed by atoms with Crippen LogP contribution in [0.2, 0.25) is 0 Å². The Morgan fingerprint density at radius 1 is 1.10 bits per heavy atom. The topological polar surface area (TPSA) is 72.4 Å². The van der Waals surface area contributed by atoms with E-state index < -0.39 is 0 Å². The van der Waals surface area contributed by atoms with Crippen LogP contribution in [-0.2, 0) is 4.74 Å². The molecule has 21 heavy (non-hydrogen) atoms. The summed E-state index contributed by atoms with van der Waals surface area (Å²) < 4.78 is 10.5. The molecule has 1 aromatic heterocycles. The number of methoxy groups -OCH3 is 1. The highest BCUT2D eigenvalue weighted by Crippen LogP contribution is 2.19. The molecule has 7 heteroatoms. The first kappa shape index (κ1) is 15.8. The van der Waals surface area contributed by atoms with Gasteiger partial charge in [0.1, 0.15) is 6.61 Å². The number of aromatic nitrogens is 3. The lowest BCUT2D eigenvalue weighted by molar-refractivity contribution is 0.141. The fourth-order valence-electron chi connectivity index (χ4n) is 2.18. The first-order chi connectivity index (χ1) is 10.3. The van der Waals surface area contributed by atoms with E-state index >= 15 is 0 Å². The fraction of sp³-hybridized carbons (Fsp3) is 0.786. The number of ether oxygens (including phenoxy) is 2. The van der Waals surface area contributed by atoms with Crippen LogP contribution in [0.25, 0.3) is 0 Å². The predicted octanol–water partition coefficient (Wildman–Crippen LogP) is 1.71. The average molecular weight is 295 g/mol. The first-order valence-electron chi connectivity index (χ1n) is 7.70. The molecule has 0 aliphatic carbocycles. The maximum atomic E-state index is 5.54. The molecule has 2 heterocycles. The number of hydrogen-bond acceptors (Lipinski definition) is 7. The molecule has 0 unspecified atom stereocenters. The SMILES string of the molecule is CCCNc1nc(OCCOC)nc(N2CCCCC2)n1. The summed E-state index contributed by atoms with van der Waals surface area (Å²) in [6, 6.07) is 0.362. The number of rotatable bonds is 8. The monoisotopic (exact) mass is 295 g/mol. The Labute approximate surface area is 126 Å². The van der Waals surface area contributed by atoms with Gasteiger partial charge < -0.3 is 19.7 Å². The Balaban J connectivity index is 2.10. The van der Waals surface area contributed by atoms with Crippen molar-refractivity contribution in [1.82, 2.24) is 15.0 Å². The molecule has 0 bridgehead atoms. The van der Waals surface area contributed by atoms with Crippen molar-refractivity contribution in [3.8, 4) is 6.01 Å². The molecule has 1 fully saturated rings. The van der Waals surface area contributed by atoms with Crippen LogP contribution in [0.1, 0.15) is 32.6 Å². The van der Waals surface area contributed by atoms with Crippen LogP contribution in [0.3, 0.4) is 0 Å². The number of anilines is 2. The minimum absolute atomic E-state index is 0.362. The summed E-state index contributed by atoms with van der Waals surface area (Å²) in [5, 5.41) is 3.20. The van der Waals surface area contributed by atoms with E-state index in [0.717, 1.165) is 26.1 Å². The van der Waals surface area contributed by atoms with Gasteiger partial charge in [-0.15, -0.1) is 0 Å². The Morgan fingerprint density at radius 3 is 2.62 bits per heavy atom. The lowest BCUT2D eigenvalue weighted by atomic mass is 10.1. The van der Waals surface area contributed by atoms with Gasteiger partial charge in [0.2, 0.25) is 11.9 Å². The second-order valence-electron chi connectivity index (χ2n) is 5.06. The number of nitrogens with zero attached hydrogens (tertiary/aromatic N) is 4. The van der Waals surface area contributed by atoms with E-state index in [-0.39, 0.29) is 0 Å². The summed E-state index contributed by atoms with van der Waals surface area (Å²) in [7, 11) is 1.64. The second kappa shape index (κ2) is 8.61. The van der Waals surface area contributed by atoms with Gasteiger partial charge in [0, 0.05) is 26.7 Å². The van der Waals surface area contributed by atoms with E-state index in [1.54, 1.807) is 7.11 Å². The van der Waals surface area contributed by atoms with Crippen LogP contribution in [0.4, 0.5) is 11.9 Å². The van der Waals surface area contributed by atoms with Crippen LogP contribution < -0.4 is 15.0 Å². The normalized spacial score (nSPS) is 15.0. The lowest BCUT2D eigenvalue weighted by Gasteiger charge is -2.26. The van der Waals surface area contributed by atoms with Crippen molar-refractivity contribution in [2.24, 2.45) is 0 Å². The molecule has 118 valence electrons. The predicted molar refractivity (Wildman–Crippen MR) is 82.0 cm³/mol. The molecule has 1 aromatic rings. The molecule has 1 saturated heterocycles. The molecule has 1 N–H and O–H groups in total. The highest BCUT2D eigenvalue weighted by molar-refractivity contribution is 5.38. The lowest BCUT2D eigenvalue weighted by Crippen LogP contribution is -2.31. The molecular formula is C14H25N5O2. The second-order valence-corrected chi connectivity index (χ2v) is 5.06. The van der Waals surface area contributed by atoms with Gasteiger partial charge in [0.25, 0.3) is 0 Å². The molecule has 0 radical (unpaired) electrons. The van der Waals surface area contributed by atoms with Crippen molar-refractivity contribution in [3.63, 3.8) is 0 Å². The zero-order valence-electron chi connectivity index (χ0n) is 13.0. The molecule has 0 spiro atoms. The van der Waals surface area contributed by atoms with E-state index in [4.69, 9.17) is 9.47 Å². The van der Waals surface area contributed by atoms with Crippen molar-refractivity contribution in [2.75, 3.05) is 50.2 Å². The number of hydrogen-bond donors (Lipinski definition) is 1. The van der Waals surface area contributed by atoms with E-state index in [9.17, 15) is 0 Å². The van der Waals surface area contributed by atoms with Gasteiger partial charge in [-0.1, -0.05) is 6.92 Å². The van der Waals surface area contributed by atoms with E-state index in [1.807, 2.05) is 0 Å². The van der Waals surface area contributed by atoms with Gasteiger partial charge in [-0.25, -0.2) is 0 Å². The fourth-order valence-corrected chi connectivity index (χ4v) is 2.18. The summed E-state index contributed by atoms with van der Waals surface area (Å²) >= 11 is 0. The molecule has 0 atom stereocenters. The molecular weight excluding hydrogens is 270 g/mol. The summed E-state index contributed by atoms with van der Waals surface area (Å²) in [5.74, 6) is 1.29. The summed E-state index contributed by atoms with van der Waals surface area (Å²) in [5.41, 5.74) is 0. The van der Waals surface area contributed by atoms with Gasteiger partial charge in [-0.2, -0.15) is 15.0 Å². The van der Waals surface area contributed by atoms with Crippen LogP contribution in [-0.4, -0.2) is 54.9 Å². The quantitative estimate of drug-likeness (QED) is 0.732. The Morgan fingerprint density at radius 2 is 1.90 bits per heavy atom. The minimum atomic E-state index is 0.362. The molecule has 1 aliphatic rings. The van der Waals surface area contributed by atoms with Crippen LogP contribution >= 0.6 is 0 Å². The van der Waals surface area contributed by atoms with Gasteiger partial charge in [-0.3, -0.25) is 0 Å². The Kier molecular flexibility index (Phi) is 6.46. The third-order valence-electron chi connectivity index (χ3n) is 3.29. The number of piperidine rings is 1. The number of nitrogens with one attached hydrogen (secondary N) is 1. The third kappa shape index (κ3) is 5.00. The maximum Gasteiger partial charge on any atom is 0.323 e.